The molecule has 118 valence electrons. The lowest BCUT2D eigenvalue weighted by atomic mass is 10.1. The van der Waals surface area contributed by atoms with E-state index >= 15 is 0 Å². The molecule has 1 saturated heterocycles. The number of rotatable bonds is 4. The lowest BCUT2D eigenvalue weighted by molar-refractivity contribution is 0.0395. The van der Waals surface area contributed by atoms with Crippen molar-refractivity contribution in [3.8, 4) is 0 Å². The van der Waals surface area contributed by atoms with Crippen molar-refractivity contribution in [2.24, 2.45) is 4.99 Å². The molecule has 0 unspecified atom stereocenters. The SMILES string of the molecule is Cl.O=C1C(C=NCCN2CCOCC2)=C(O)c2ccccc21. The van der Waals surface area contributed by atoms with E-state index in [-0.39, 0.29) is 29.5 Å². The largest absolute Gasteiger partial charge is 0.506 e. The molecule has 6 heteroatoms. The summed E-state index contributed by atoms with van der Waals surface area (Å²) in [6.45, 7) is 4.84. The molecule has 0 spiro atoms. The molecular formula is C16H19ClN2O3. The molecule has 0 bridgehead atoms. The van der Waals surface area contributed by atoms with Crippen molar-refractivity contribution in [1.29, 1.82) is 0 Å². The van der Waals surface area contributed by atoms with Gasteiger partial charge in [0.05, 0.1) is 25.3 Å². The Balaban J connectivity index is 0.00000176. The number of aliphatic hydroxyl groups excluding tert-OH is 1. The van der Waals surface area contributed by atoms with Crippen LogP contribution >= 0.6 is 12.4 Å². The van der Waals surface area contributed by atoms with Gasteiger partial charge in [0.1, 0.15) is 5.76 Å². The summed E-state index contributed by atoms with van der Waals surface area (Å²) >= 11 is 0. The van der Waals surface area contributed by atoms with Gasteiger partial charge in [0.2, 0.25) is 0 Å². The van der Waals surface area contributed by atoms with E-state index in [1.807, 2.05) is 0 Å². The maximum Gasteiger partial charge on any atom is 0.199 e. The van der Waals surface area contributed by atoms with Gasteiger partial charge in [-0.3, -0.25) is 14.7 Å². The molecule has 1 aliphatic carbocycles. The number of fused-ring (bicyclic) bond motifs is 1. The normalized spacial score (nSPS) is 18.6. The molecule has 0 saturated carbocycles. The summed E-state index contributed by atoms with van der Waals surface area (Å²) < 4.78 is 5.29. The number of benzene rings is 1. The first kappa shape index (κ1) is 16.7. The van der Waals surface area contributed by atoms with Crippen LogP contribution in [0.2, 0.25) is 0 Å². The number of carbonyl (C=O) groups is 1. The van der Waals surface area contributed by atoms with Crippen molar-refractivity contribution >= 4 is 30.2 Å². The van der Waals surface area contributed by atoms with E-state index in [1.165, 1.54) is 6.21 Å². The molecule has 5 nitrogen and oxygen atoms in total. The lowest BCUT2D eigenvalue weighted by Crippen LogP contribution is -2.37. The number of carbonyl (C=O) groups excluding carboxylic acids is 1. The smallest absolute Gasteiger partial charge is 0.199 e. The average Bonchev–Trinajstić information content (AvgIpc) is 2.77. The number of ether oxygens (including phenoxy) is 1. The third kappa shape index (κ3) is 3.38. The van der Waals surface area contributed by atoms with Crippen molar-refractivity contribution in [2.75, 3.05) is 39.4 Å². The number of ketones is 1. The van der Waals surface area contributed by atoms with Crippen LogP contribution in [-0.2, 0) is 4.74 Å². The van der Waals surface area contributed by atoms with Crippen molar-refractivity contribution in [2.45, 2.75) is 0 Å². The number of hydrogen-bond donors (Lipinski definition) is 1. The summed E-state index contributed by atoms with van der Waals surface area (Å²) in [4.78, 5) is 18.7. The van der Waals surface area contributed by atoms with Gasteiger partial charge in [-0.05, 0) is 0 Å². The van der Waals surface area contributed by atoms with Crippen molar-refractivity contribution in [1.82, 2.24) is 4.90 Å². The van der Waals surface area contributed by atoms with Gasteiger partial charge in [-0.1, -0.05) is 24.3 Å². The minimum atomic E-state index is -0.154. The second kappa shape index (κ2) is 7.54. The predicted octanol–water partition coefficient (Wildman–Crippen LogP) is 1.98. The Labute approximate surface area is 135 Å². The monoisotopic (exact) mass is 322 g/mol. The van der Waals surface area contributed by atoms with Crippen LogP contribution in [0.4, 0.5) is 0 Å². The molecule has 1 fully saturated rings. The van der Waals surface area contributed by atoms with Gasteiger partial charge in [0, 0.05) is 37.0 Å². The predicted molar refractivity (Wildman–Crippen MR) is 88.2 cm³/mol. The topological polar surface area (TPSA) is 62.1 Å². The highest BCUT2D eigenvalue weighted by molar-refractivity contribution is 6.30. The second-order valence-electron chi connectivity index (χ2n) is 5.13. The number of aliphatic hydroxyl groups is 1. The molecule has 1 heterocycles. The molecule has 1 aromatic carbocycles. The quantitative estimate of drug-likeness (QED) is 0.861. The molecule has 22 heavy (non-hydrogen) atoms. The number of halogens is 1. The maximum absolute atomic E-state index is 12.2. The van der Waals surface area contributed by atoms with Gasteiger partial charge < -0.3 is 9.84 Å². The van der Waals surface area contributed by atoms with Crippen LogP contribution in [0.25, 0.3) is 5.76 Å². The van der Waals surface area contributed by atoms with Crippen LogP contribution < -0.4 is 0 Å². The van der Waals surface area contributed by atoms with Gasteiger partial charge in [-0.15, -0.1) is 12.4 Å². The van der Waals surface area contributed by atoms with Gasteiger partial charge in [-0.25, -0.2) is 0 Å². The highest BCUT2D eigenvalue weighted by Crippen LogP contribution is 2.29. The maximum atomic E-state index is 12.2. The fraction of sp³-hybridized carbons (Fsp3) is 0.375. The highest BCUT2D eigenvalue weighted by Gasteiger charge is 2.27. The Morgan fingerprint density at radius 2 is 1.91 bits per heavy atom. The minimum absolute atomic E-state index is 0. The van der Waals surface area contributed by atoms with E-state index in [0.29, 0.717) is 17.7 Å². The Morgan fingerprint density at radius 1 is 1.23 bits per heavy atom. The fourth-order valence-corrected chi connectivity index (χ4v) is 2.58. The van der Waals surface area contributed by atoms with Crippen LogP contribution in [0, 0.1) is 0 Å². The van der Waals surface area contributed by atoms with Crippen molar-refractivity contribution in [3.05, 3.63) is 41.0 Å². The first-order valence-corrected chi connectivity index (χ1v) is 7.14. The standard InChI is InChI=1S/C16H18N2O3.ClH/c19-15-12-3-1-2-4-13(12)16(20)14(15)11-17-5-6-18-7-9-21-10-8-18;/h1-4,11,19H,5-10H2;1H. The van der Waals surface area contributed by atoms with Gasteiger partial charge in [0.25, 0.3) is 0 Å². The third-order valence-corrected chi connectivity index (χ3v) is 3.80. The molecule has 1 N–H and O–H groups in total. The van der Waals surface area contributed by atoms with Crippen LogP contribution in [0.1, 0.15) is 15.9 Å². The summed E-state index contributed by atoms with van der Waals surface area (Å²) in [5.41, 5.74) is 1.43. The van der Waals surface area contributed by atoms with Crippen LogP contribution in [0.3, 0.4) is 0 Å². The number of hydrogen-bond acceptors (Lipinski definition) is 5. The Bertz CT molecular complexity index is 607. The molecule has 2 aliphatic rings. The van der Waals surface area contributed by atoms with E-state index in [2.05, 4.69) is 9.89 Å². The van der Waals surface area contributed by atoms with Crippen molar-refractivity contribution in [3.63, 3.8) is 0 Å². The summed E-state index contributed by atoms with van der Waals surface area (Å²) in [7, 11) is 0. The Hall–Kier alpha value is -1.69. The average molecular weight is 323 g/mol. The highest BCUT2D eigenvalue weighted by atomic mass is 35.5. The van der Waals surface area contributed by atoms with Crippen LogP contribution in [-0.4, -0.2) is 61.4 Å². The zero-order valence-corrected chi connectivity index (χ0v) is 13.0. The van der Waals surface area contributed by atoms with Gasteiger partial charge in [0.15, 0.2) is 5.78 Å². The molecule has 0 aromatic heterocycles. The van der Waals surface area contributed by atoms with Crippen molar-refractivity contribution < 1.29 is 14.6 Å². The second-order valence-corrected chi connectivity index (χ2v) is 5.13. The molecule has 0 amide bonds. The molecule has 1 aliphatic heterocycles. The van der Waals surface area contributed by atoms with E-state index in [1.54, 1.807) is 24.3 Å². The number of Topliss-reactive ketones (excluding diaryl/α,β-unsaturated/α-hetero) is 1. The van der Waals surface area contributed by atoms with E-state index in [0.717, 1.165) is 32.8 Å². The minimum Gasteiger partial charge on any atom is -0.506 e. The number of nitrogens with zero attached hydrogens (tertiary/aromatic N) is 2. The number of allylic oxidation sites excluding steroid dienone is 1. The first-order valence-electron chi connectivity index (χ1n) is 7.14. The van der Waals surface area contributed by atoms with Gasteiger partial charge in [-0.2, -0.15) is 0 Å². The third-order valence-electron chi connectivity index (χ3n) is 3.80. The molecule has 1 aromatic rings. The molecule has 3 rings (SSSR count). The van der Waals surface area contributed by atoms with E-state index < -0.39 is 0 Å². The Morgan fingerprint density at radius 3 is 2.59 bits per heavy atom. The first-order chi connectivity index (χ1) is 10.3. The van der Waals surface area contributed by atoms with Crippen LogP contribution in [0.15, 0.2) is 34.8 Å². The Kier molecular flexibility index (Phi) is 5.71. The number of aliphatic imine (C=N–C) groups is 1. The number of morpholine rings is 1. The zero-order chi connectivity index (χ0) is 14.7. The summed E-state index contributed by atoms with van der Waals surface area (Å²) in [6.07, 6.45) is 1.50. The molecular weight excluding hydrogens is 304 g/mol. The summed E-state index contributed by atoms with van der Waals surface area (Å²) in [5, 5.41) is 10.1. The molecule has 0 atom stereocenters. The lowest BCUT2D eigenvalue weighted by Gasteiger charge is -2.25. The van der Waals surface area contributed by atoms with Gasteiger partial charge >= 0.3 is 0 Å². The molecule has 0 radical (unpaired) electrons. The van der Waals surface area contributed by atoms with E-state index in [4.69, 9.17) is 4.74 Å². The van der Waals surface area contributed by atoms with E-state index in [9.17, 15) is 9.90 Å². The fourth-order valence-electron chi connectivity index (χ4n) is 2.58. The van der Waals surface area contributed by atoms with Crippen LogP contribution in [0.5, 0.6) is 0 Å². The summed E-state index contributed by atoms with van der Waals surface area (Å²) in [6, 6.07) is 7.07. The zero-order valence-electron chi connectivity index (χ0n) is 12.2. The summed E-state index contributed by atoms with van der Waals surface area (Å²) in [5.74, 6) is -0.121.